The van der Waals surface area contributed by atoms with Crippen molar-refractivity contribution in [1.82, 2.24) is 10.2 Å². The summed E-state index contributed by atoms with van der Waals surface area (Å²) in [5.41, 5.74) is 0.600. The minimum Gasteiger partial charge on any atom is -0.335 e. The monoisotopic (exact) mass is 264 g/mol. The second kappa shape index (κ2) is 5.72. The average molecular weight is 264 g/mol. The smallest absolute Gasteiger partial charge is 0.317 e. The number of carbonyl (C=O) groups excluding carboxylic acids is 1. The quantitative estimate of drug-likeness (QED) is 0.769. The van der Waals surface area contributed by atoms with E-state index >= 15 is 0 Å². The van der Waals surface area contributed by atoms with Crippen LogP contribution in [0.1, 0.15) is 70.6 Å². The van der Waals surface area contributed by atoms with Gasteiger partial charge in [-0.05, 0) is 43.9 Å². The zero-order chi connectivity index (χ0) is 13.1. The molecule has 19 heavy (non-hydrogen) atoms. The van der Waals surface area contributed by atoms with E-state index in [9.17, 15) is 4.79 Å². The van der Waals surface area contributed by atoms with Gasteiger partial charge in [-0.15, -0.1) is 0 Å². The molecule has 1 heterocycles. The number of nitrogens with one attached hydrogen (secondary N) is 1. The fourth-order valence-corrected chi connectivity index (χ4v) is 4.32. The highest BCUT2D eigenvalue weighted by molar-refractivity contribution is 5.74. The summed E-state index contributed by atoms with van der Waals surface area (Å²) >= 11 is 0. The minimum atomic E-state index is 0.206. The normalized spacial score (nSPS) is 27.7. The van der Waals surface area contributed by atoms with Gasteiger partial charge in [-0.25, -0.2) is 4.79 Å². The van der Waals surface area contributed by atoms with Crippen LogP contribution >= 0.6 is 0 Å². The summed E-state index contributed by atoms with van der Waals surface area (Å²) in [6.45, 7) is 1.97. The molecule has 1 aliphatic heterocycles. The van der Waals surface area contributed by atoms with E-state index in [0.717, 1.165) is 13.1 Å². The molecule has 3 fully saturated rings. The van der Waals surface area contributed by atoms with Crippen molar-refractivity contribution in [2.24, 2.45) is 5.41 Å². The van der Waals surface area contributed by atoms with Crippen molar-refractivity contribution >= 4 is 6.03 Å². The van der Waals surface area contributed by atoms with Gasteiger partial charge in [0.2, 0.25) is 0 Å². The first kappa shape index (κ1) is 13.3. The van der Waals surface area contributed by atoms with Crippen LogP contribution in [0.15, 0.2) is 0 Å². The summed E-state index contributed by atoms with van der Waals surface area (Å²) in [6.07, 6.45) is 14.5. The molecule has 1 N–H and O–H groups in total. The second-order valence-corrected chi connectivity index (χ2v) is 6.98. The predicted octanol–water partition coefficient (Wildman–Crippen LogP) is 3.68. The first-order valence-corrected chi connectivity index (χ1v) is 8.33. The van der Waals surface area contributed by atoms with Gasteiger partial charge in [-0.1, -0.05) is 32.1 Å². The second-order valence-electron chi connectivity index (χ2n) is 6.98. The SMILES string of the molecule is O=C(NC1CCCC1)N1CCC2(CCCCC2)CC1. The minimum absolute atomic E-state index is 0.206. The fourth-order valence-electron chi connectivity index (χ4n) is 4.32. The lowest BCUT2D eigenvalue weighted by Gasteiger charge is -2.44. The van der Waals surface area contributed by atoms with Gasteiger partial charge in [-0.2, -0.15) is 0 Å². The van der Waals surface area contributed by atoms with E-state index in [0.29, 0.717) is 11.5 Å². The van der Waals surface area contributed by atoms with Gasteiger partial charge in [0, 0.05) is 19.1 Å². The Morgan fingerprint density at radius 1 is 0.895 bits per heavy atom. The molecule has 0 aromatic carbocycles. The average Bonchev–Trinajstić information content (AvgIpc) is 2.93. The molecule has 0 atom stereocenters. The van der Waals surface area contributed by atoms with Gasteiger partial charge in [-0.3, -0.25) is 0 Å². The van der Waals surface area contributed by atoms with E-state index in [-0.39, 0.29) is 6.03 Å². The van der Waals surface area contributed by atoms with Crippen LogP contribution in [0.25, 0.3) is 0 Å². The Bertz CT molecular complexity index is 307. The lowest BCUT2D eigenvalue weighted by molar-refractivity contribution is 0.0804. The lowest BCUT2D eigenvalue weighted by atomic mass is 9.68. The Labute approximate surface area is 117 Å². The molecule has 0 unspecified atom stereocenters. The van der Waals surface area contributed by atoms with Gasteiger partial charge in [0.05, 0.1) is 0 Å². The van der Waals surface area contributed by atoms with Crippen molar-refractivity contribution in [3.05, 3.63) is 0 Å². The van der Waals surface area contributed by atoms with Crippen molar-refractivity contribution < 1.29 is 4.79 Å². The largest absolute Gasteiger partial charge is 0.335 e. The summed E-state index contributed by atoms with van der Waals surface area (Å²) in [7, 11) is 0. The molecule has 0 bridgehead atoms. The van der Waals surface area contributed by atoms with E-state index in [4.69, 9.17) is 0 Å². The molecule has 0 radical (unpaired) electrons. The Balaban J connectivity index is 1.47. The van der Waals surface area contributed by atoms with Crippen molar-refractivity contribution in [2.45, 2.75) is 76.7 Å². The Morgan fingerprint density at radius 3 is 2.16 bits per heavy atom. The molecule has 3 nitrogen and oxygen atoms in total. The predicted molar refractivity (Wildman–Crippen MR) is 77.1 cm³/mol. The summed E-state index contributed by atoms with van der Waals surface area (Å²) < 4.78 is 0. The van der Waals surface area contributed by atoms with Gasteiger partial charge in [0.25, 0.3) is 0 Å². The highest BCUT2D eigenvalue weighted by atomic mass is 16.2. The lowest BCUT2D eigenvalue weighted by Crippen LogP contribution is -2.49. The zero-order valence-electron chi connectivity index (χ0n) is 12.1. The molecular formula is C16H28N2O. The van der Waals surface area contributed by atoms with E-state index in [1.165, 1.54) is 70.6 Å². The number of amides is 2. The van der Waals surface area contributed by atoms with Gasteiger partial charge in [0.1, 0.15) is 0 Å². The van der Waals surface area contributed by atoms with Crippen LogP contribution in [-0.4, -0.2) is 30.1 Å². The molecular weight excluding hydrogens is 236 g/mol. The standard InChI is InChI=1S/C16H28N2O/c19-15(17-14-6-2-3-7-14)18-12-10-16(11-13-18)8-4-1-5-9-16/h14H,1-13H2,(H,17,19). The van der Waals surface area contributed by atoms with Crippen molar-refractivity contribution in [3.63, 3.8) is 0 Å². The van der Waals surface area contributed by atoms with Crippen LogP contribution in [0, 0.1) is 5.41 Å². The molecule has 0 aromatic rings. The van der Waals surface area contributed by atoms with Crippen LogP contribution < -0.4 is 5.32 Å². The Hall–Kier alpha value is -0.730. The van der Waals surface area contributed by atoms with Crippen LogP contribution in [-0.2, 0) is 0 Å². The van der Waals surface area contributed by atoms with Gasteiger partial charge in [0.15, 0.2) is 0 Å². The highest BCUT2D eigenvalue weighted by Gasteiger charge is 2.36. The van der Waals surface area contributed by atoms with Crippen LogP contribution in [0.3, 0.4) is 0 Å². The molecule has 3 heteroatoms. The van der Waals surface area contributed by atoms with E-state index in [1.54, 1.807) is 0 Å². The summed E-state index contributed by atoms with van der Waals surface area (Å²) in [4.78, 5) is 14.3. The number of likely N-dealkylation sites (tertiary alicyclic amines) is 1. The first-order chi connectivity index (χ1) is 9.27. The maximum atomic E-state index is 12.2. The van der Waals surface area contributed by atoms with E-state index in [2.05, 4.69) is 10.2 Å². The summed E-state index contributed by atoms with van der Waals surface area (Å²) in [5.74, 6) is 0. The van der Waals surface area contributed by atoms with Gasteiger partial charge >= 0.3 is 6.03 Å². The highest BCUT2D eigenvalue weighted by Crippen LogP contribution is 2.44. The summed E-state index contributed by atoms with van der Waals surface area (Å²) in [6, 6.07) is 0.663. The van der Waals surface area contributed by atoms with Crippen molar-refractivity contribution in [3.8, 4) is 0 Å². The van der Waals surface area contributed by atoms with Crippen molar-refractivity contribution in [1.29, 1.82) is 0 Å². The molecule has 2 aliphatic carbocycles. The number of hydrogen-bond acceptors (Lipinski definition) is 1. The number of carbonyl (C=O) groups is 1. The molecule has 0 aromatic heterocycles. The molecule has 3 aliphatic rings. The third-order valence-corrected chi connectivity index (χ3v) is 5.71. The maximum absolute atomic E-state index is 12.2. The zero-order valence-corrected chi connectivity index (χ0v) is 12.1. The fraction of sp³-hybridized carbons (Fsp3) is 0.938. The Kier molecular flexibility index (Phi) is 3.99. The molecule has 2 saturated carbocycles. The van der Waals surface area contributed by atoms with E-state index < -0.39 is 0 Å². The van der Waals surface area contributed by atoms with E-state index in [1.807, 2.05) is 0 Å². The summed E-state index contributed by atoms with van der Waals surface area (Å²) in [5, 5.41) is 3.23. The number of nitrogens with zero attached hydrogens (tertiary/aromatic N) is 1. The molecule has 1 spiro atoms. The van der Waals surface area contributed by atoms with Crippen LogP contribution in [0.2, 0.25) is 0 Å². The Morgan fingerprint density at radius 2 is 1.53 bits per heavy atom. The number of hydrogen-bond donors (Lipinski definition) is 1. The molecule has 3 rings (SSSR count). The number of rotatable bonds is 1. The van der Waals surface area contributed by atoms with Crippen molar-refractivity contribution in [2.75, 3.05) is 13.1 Å². The van der Waals surface area contributed by atoms with Crippen LogP contribution in [0.4, 0.5) is 4.79 Å². The molecule has 2 amide bonds. The topological polar surface area (TPSA) is 32.3 Å². The number of urea groups is 1. The molecule has 108 valence electrons. The van der Waals surface area contributed by atoms with Crippen LogP contribution in [0.5, 0.6) is 0 Å². The van der Waals surface area contributed by atoms with Gasteiger partial charge < -0.3 is 10.2 Å². The number of piperidine rings is 1. The first-order valence-electron chi connectivity index (χ1n) is 8.33. The third kappa shape index (κ3) is 3.06. The molecule has 1 saturated heterocycles. The maximum Gasteiger partial charge on any atom is 0.317 e. The third-order valence-electron chi connectivity index (χ3n) is 5.71.